The predicted molar refractivity (Wildman–Crippen MR) is 102 cm³/mol. The van der Waals surface area contributed by atoms with E-state index in [0.717, 1.165) is 28.9 Å². The van der Waals surface area contributed by atoms with Gasteiger partial charge in [0.25, 0.3) is 0 Å². The van der Waals surface area contributed by atoms with Crippen molar-refractivity contribution in [3.8, 4) is 17.6 Å². The van der Waals surface area contributed by atoms with Crippen LogP contribution in [0.5, 0.6) is 5.75 Å². The lowest BCUT2D eigenvalue weighted by atomic mass is 10.0. The number of rotatable bonds is 6. The quantitative estimate of drug-likeness (QED) is 0.290. The maximum atomic E-state index is 5.54. The Balaban J connectivity index is 1.95. The zero-order valence-electron chi connectivity index (χ0n) is 14.6. The average Bonchev–Trinajstić information content (AvgIpc) is 2.64. The first-order valence-corrected chi connectivity index (χ1v) is 8.15. The van der Waals surface area contributed by atoms with Crippen molar-refractivity contribution in [1.82, 2.24) is 4.98 Å². The van der Waals surface area contributed by atoms with Gasteiger partial charge in [-0.25, -0.2) is 0 Å². The minimum absolute atomic E-state index is 0.463. The molecule has 0 aliphatic rings. The molecular formula is C20H22N4O. The summed E-state index contributed by atoms with van der Waals surface area (Å²) in [5.41, 5.74) is 3.63. The molecule has 0 saturated heterocycles. The summed E-state index contributed by atoms with van der Waals surface area (Å²) < 4.78 is 5.54. The van der Waals surface area contributed by atoms with Crippen LogP contribution < -0.4 is 10.6 Å². The number of hydrogen-bond acceptors (Lipinski definition) is 5. The van der Waals surface area contributed by atoms with Gasteiger partial charge in [0.2, 0.25) is 0 Å². The van der Waals surface area contributed by atoms with Crippen LogP contribution in [-0.2, 0) is 0 Å². The molecule has 5 nitrogen and oxygen atoms in total. The number of pyridine rings is 1. The number of hydrazone groups is 1. The highest BCUT2D eigenvalue weighted by Crippen LogP contribution is 2.11. The maximum Gasteiger partial charge on any atom is 0.137 e. The van der Waals surface area contributed by atoms with E-state index in [1.165, 1.54) is 0 Å². The number of aliphatic imine (C=N–C) groups is 1. The van der Waals surface area contributed by atoms with Crippen molar-refractivity contribution in [3.63, 3.8) is 0 Å². The Morgan fingerprint density at radius 2 is 2.24 bits per heavy atom. The molecule has 1 heterocycles. The van der Waals surface area contributed by atoms with Crippen molar-refractivity contribution < 1.29 is 4.74 Å². The number of ether oxygens (including phenoxy) is 1. The van der Waals surface area contributed by atoms with Gasteiger partial charge >= 0.3 is 0 Å². The van der Waals surface area contributed by atoms with E-state index < -0.39 is 0 Å². The van der Waals surface area contributed by atoms with Crippen LogP contribution in [0.1, 0.15) is 30.0 Å². The van der Waals surface area contributed by atoms with Gasteiger partial charge in [0.1, 0.15) is 18.1 Å². The predicted octanol–water partition coefficient (Wildman–Crippen LogP) is 2.96. The molecule has 128 valence electrons. The lowest BCUT2D eigenvalue weighted by Crippen LogP contribution is -2.10. The van der Waals surface area contributed by atoms with Crippen LogP contribution in [0.25, 0.3) is 0 Å². The second-order valence-corrected chi connectivity index (χ2v) is 5.27. The molecule has 0 bridgehead atoms. The molecule has 0 amide bonds. The molecule has 1 aromatic heterocycles. The van der Waals surface area contributed by atoms with Gasteiger partial charge < -0.3 is 10.6 Å². The molecule has 0 aliphatic carbocycles. The lowest BCUT2D eigenvalue weighted by molar-refractivity contribution is 0.327. The van der Waals surface area contributed by atoms with E-state index in [0.29, 0.717) is 18.9 Å². The number of hydrogen-bond donors (Lipinski definition) is 1. The van der Waals surface area contributed by atoms with Crippen LogP contribution in [0.3, 0.4) is 0 Å². The van der Waals surface area contributed by atoms with Gasteiger partial charge in [-0.3, -0.25) is 9.98 Å². The molecule has 0 saturated carbocycles. The van der Waals surface area contributed by atoms with Gasteiger partial charge in [-0.05, 0) is 36.8 Å². The third-order valence-electron chi connectivity index (χ3n) is 3.39. The SMILES string of the molecule is CCC#Cc1ccc(/C(C=NCCOc2cccnc2)=N/N)c(C)c1. The molecular weight excluding hydrogens is 312 g/mol. The summed E-state index contributed by atoms with van der Waals surface area (Å²) in [5, 5.41) is 3.85. The standard InChI is InChI=1S/C20H22N4O/c1-3-4-6-17-8-9-19(16(2)13-17)20(24-21)15-23-11-12-25-18-7-5-10-22-14-18/h5,7-10,13-15H,3,11-12,21H2,1-2H3/b23-15?,24-20+. The molecule has 1 aromatic carbocycles. The maximum absolute atomic E-state index is 5.54. The Morgan fingerprint density at radius 1 is 1.36 bits per heavy atom. The first-order valence-electron chi connectivity index (χ1n) is 8.15. The van der Waals surface area contributed by atoms with Gasteiger partial charge in [-0.2, -0.15) is 5.10 Å². The molecule has 0 fully saturated rings. The minimum Gasteiger partial charge on any atom is -0.490 e. The van der Waals surface area contributed by atoms with Gasteiger partial charge in [0.15, 0.2) is 0 Å². The van der Waals surface area contributed by atoms with Crippen molar-refractivity contribution in [2.45, 2.75) is 20.3 Å². The number of nitrogens with two attached hydrogens (primary N) is 1. The van der Waals surface area contributed by atoms with Gasteiger partial charge in [-0.15, -0.1) is 0 Å². The number of nitrogens with zero attached hydrogens (tertiary/aromatic N) is 3. The van der Waals surface area contributed by atoms with Crippen molar-refractivity contribution in [2.75, 3.05) is 13.2 Å². The van der Waals surface area contributed by atoms with E-state index in [9.17, 15) is 0 Å². The molecule has 0 radical (unpaired) electrons. The fourth-order valence-electron chi connectivity index (χ4n) is 2.19. The van der Waals surface area contributed by atoms with E-state index in [-0.39, 0.29) is 0 Å². The minimum atomic E-state index is 0.463. The summed E-state index contributed by atoms with van der Waals surface area (Å²) in [4.78, 5) is 8.33. The summed E-state index contributed by atoms with van der Waals surface area (Å²) >= 11 is 0. The highest BCUT2D eigenvalue weighted by molar-refractivity contribution is 6.38. The van der Waals surface area contributed by atoms with Crippen molar-refractivity contribution in [2.24, 2.45) is 15.9 Å². The van der Waals surface area contributed by atoms with Crippen LogP contribution in [0.4, 0.5) is 0 Å². The van der Waals surface area contributed by atoms with Crippen LogP contribution in [-0.4, -0.2) is 30.1 Å². The normalized spacial score (nSPS) is 11.2. The fraction of sp³-hybridized carbons (Fsp3) is 0.250. The summed E-state index contributed by atoms with van der Waals surface area (Å²) in [6.45, 7) is 5.01. The summed E-state index contributed by atoms with van der Waals surface area (Å²) in [5.74, 6) is 12.4. The second kappa shape index (κ2) is 9.89. The molecule has 2 aromatic rings. The Labute approximate surface area is 148 Å². The third kappa shape index (κ3) is 5.78. The Morgan fingerprint density at radius 3 is 2.92 bits per heavy atom. The van der Waals surface area contributed by atoms with Crippen molar-refractivity contribution in [1.29, 1.82) is 0 Å². The number of aromatic nitrogens is 1. The molecule has 0 atom stereocenters. The second-order valence-electron chi connectivity index (χ2n) is 5.27. The van der Waals surface area contributed by atoms with Gasteiger partial charge in [0.05, 0.1) is 12.7 Å². The summed E-state index contributed by atoms with van der Waals surface area (Å²) in [7, 11) is 0. The van der Waals surface area contributed by atoms with E-state index in [1.54, 1.807) is 18.6 Å². The Hall–Kier alpha value is -3.13. The molecule has 0 spiro atoms. The first-order chi connectivity index (χ1) is 12.2. The largest absolute Gasteiger partial charge is 0.490 e. The highest BCUT2D eigenvalue weighted by atomic mass is 16.5. The first kappa shape index (κ1) is 18.2. The Kier molecular flexibility index (Phi) is 7.20. The van der Waals surface area contributed by atoms with E-state index in [1.807, 2.05) is 44.2 Å². The molecule has 2 N–H and O–H groups in total. The third-order valence-corrected chi connectivity index (χ3v) is 3.39. The van der Waals surface area contributed by atoms with E-state index >= 15 is 0 Å². The molecule has 0 unspecified atom stereocenters. The van der Waals surface area contributed by atoms with Gasteiger partial charge in [-0.1, -0.05) is 24.8 Å². The average molecular weight is 334 g/mol. The van der Waals surface area contributed by atoms with Crippen LogP contribution in [0, 0.1) is 18.8 Å². The van der Waals surface area contributed by atoms with Crippen molar-refractivity contribution in [3.05, 3.63) is 59.4 Å². The topological polar surface area (TPSA) is 72.9 Å². The monoisotopic (exact) mass is 334 g/mol. The fourth-order valence-corrected chi connectivity index (χ4v) is 2.19. The van der Waals surface area contributed by atoms with Crippen LogP contribution in [0.2, 0.25) is 0 Å². The van der Waals surface area contributed by atoms with Gasteiger partial charge in [0, 0.05) is 30.0 Å². The number of benzene rings is 1. The van der Waals surface area contributed by atoms with Crippen LogP contribution in [0.15, 0.2) is 52.8 Å². The lowest BCUT2D eigenvalue weighted by Gasteiger charge is -2.06. The van der Waals surface area contributed by atoms with E-state index in [2.05, 4.69) is 26.9 Å². The molecule has 0 aliphatic heterocycles. The summed E-state index contributed by atoms with van der Waals surface area (Å²) in [6, 6.07) is 9.65. The molecule has 2 rings (SSSR count). The zero-order valence-corrected chi connectivity index (χ0v) is 14.6. The molecule has 5 heteroatoms. The Bertz CT molecular complexity index is 801. The zero-order chi connectivity index (χ0) is 17.9. The number of aryl methyl sites for hydroxylation is 1. The molecule has 25 heavy (non-hydrogen) atoms. The van der Waals surface area contributed by atoms with Crippen LogP contribution >= 0.6 is 0 Å². The van der Waals surface area contributed by atoms with Crippen molar-refractivity contribution >= 4 is 11.9 Å². The smallest absolute Gasteiger partial charge is 0.137 e. The highest BCUT2D eigenvalue weighted by Gasteiger charge is 2.05. The summed E-state index contributed by atoms with van der Waals surface area (Å²) in [6.07, 6.45) is 5.88. The van der Waals surface area contributed by atoms with E-state index in [4.69, 9.17) is 10.6 Å².